The van der Waals surface area contributed by atoms with E-state index in [0.717, 1.165) is 32.8 Å². The summed E-state index contributed by atoms with van der Waals surface area (Å²) >= 11 is 1.67. The van der Waals surface area contributed by atoms with Crippen LogP contribution in [0.15, 0.2) is 113 Å². The third-order valence-corrected chi connectivity index (χ3v) is 9.56. The summed E-state index contributed by atoms with van der Waals surface area (Å²) in [5, 5.41) is 12.2. The minimum atomic E-state index is -3.61. The summed E-state index contributed by atoms with van der Waals surface area (Å²) < 4.78 is 40.7. The summed E-state index contributed by atoms with van der Waals surface area (Å²) in [6.45, 7) is 1.62. The molecule has 5 rings (SSSR count). The van der Waals surface area contributed by atoms with E-state index < -0.39 is 16.3 Å². The molecule has 3 N–H and O–H groups in total. The van der Waals surface area contributed by atoms with Gasteiger partial charge in [0.2, 0.25) is 15.9 Å². The highest BCUT2D eigenvalue weighted by molar-refractivity contribution is 7.99. The van der Waals surface area contributed by atoms with Gasteiger partial charge in [-0.2, -0.15) is 0 Å². The monoisotopic (exact) mass is 618 g/mol. The van der Waals surface area contributed by atoms with E-state index in [1.807, 2.05) is 72.8 Å². The maximum absolute atomic E-state index is 12.6. The first-order valence-electron chi connectivity index (χ1n) is 13.9. The average molecular weight is 619 g/mol. The number of amides is 1. The number of rotatable bonds is 11. The minimum absolute atomic E-state index is 0.0224. The van der Waals surface area contributed by atoms with Crippen molar-refractivity contribution in [1.82, 2.24) is 4.72 Å². The molecular formula is C33H34N2O6S2. The number of benzene rings is 4. The maximum atomic E-state index is 12.6. The van der Waals surface area contributed by atoms with Crippen LogP contribution in [0.5, 0.6) is 0 Å². The van der Waals surface area contributed by atoms with Crippen LogP contribution in [0.25, 0.3) is 0 Å². The Labute approximate surface area is 256 Å². The molecule has 0 radical (unpaired) electrons. The van der Waals surface area contributed by atoms with Gasteiger partial charge in [-0.05, 0) is 53.1 Å². The van der Waals surface area contributed by atoms with Gasteiger partial charge in [-0.1, -0.05) is 66.7 Å². The van der Waals surface area contributed by atoms with Crippen LogP contribution in [0.4, 0.5) is 5.69 Å². The van der Waals surface area contributed by atoms with Crippen LogP contribution in [-0.2, 0) is 37.4 Å². The molecule has 3 atom stereocenters. The molecule has 8 nitrogen and oxygen atoms in total. The highest BCUT2D eigenvalue weighted by atomic mass is 32.2. The molecule has 0 aromatic heterocycles. The standard InChI is InChI=1S/C33H34N2O6S2/c1-23(37)35-28-15-17-30(18-16-28)42-22-29-19-32(26-11-9-25(21-36)10-12-26)41-33(40-29)27-13-7-24(8-14-27)20-34-43(38,39)31-5-3-2-4-6-31/h2-18,29,32-34,36H,19-22H2,1H3,(H,35,37)/t29-,32+,33?/m0/s1. The topological polar surface area (TPSA) is 114 Å². The molecule has 4 aromatic rings. The molecule has 0 spiro atoms. The molecule has 1 unspecified atom stereocenters. The van der Waals surface area contributed by atoms with Gasteiger partial charge in [0.15, 0.2) is 6.29 Å². The summed E-state index contributed by atoms with van der Waals surface area (Å²) in [6, 6.07) is 31.3. The van der Waals surface area contributed by atoms with Gasteiger partial charge in [0.05, 0.1) is 23.7 Å². The van der Waals surface area contributed by atoms with Crippen LogP contribution in [-0.4, -0.2) is 31.3 Å². The van der Waals surface area contributed by atoms with Crippen LogP contribution in [0.1, 0.15) is 48.0 Å². The molecule has 1 fully saturated rings. The maximum Gasteiger partial charge on any atom is 0.240 e. The van der Waals surface area contributed by atoms with E-state index in [1.54, 1.807) is 42.1 Å². The number of sulfonamides is 1. The number of thioether (sulfide) groups is 1. The van der Waals surface area contributed by atoms with Crippen molar-refractivity contribution in [3.8, 4) is 0 Å². The van der Waals surface area contributed by atoms with Gasteiger partial charge in [0.25, 0.3) is 0 Å². The number of carbonyl (C=O) groups is 1. The molecule has 0 bridgehead atoms. The second-order valence-corrected chi connectivity index (χ2v) is 13.1. The summed E-state index contributed by atoms with van der Waals surface area (Å²) in [5.41, 5.74) is 4.24. The van der Waals surface area contributed by atoms with Gasteiger partial charge < -0.3 is 19.9 Å². The Balaban J connectivity index is 1.27. The van der Waals surface area contributed by atoms with Crippen molar-refractivity contribution >= 4 is 33.4 Å². The summed E-state index contributed by atoms with van der Waals surface area (Å²) in [6.07, 6.45) is -0.278. The molecule has 1 aliphatic rings. The predicted molar refractivity (Wildman–Crippen MR) is 167 cm³/mol. The van der Waals surface area contributed by atoms with Gasteiger partial charge >= 0.3 is 0 Å². The van der Waals surface area contributed by atoms with Gasteiger partial charge in [-0.15, -0.1) is 11.8 Å². The van der Waals surface area contributed by atoms with E-state index in [-0.39, 0.29) is 36.2 Å². The first-order chi connectivity index (χ1) is 20.8. The third kappa shape index (κ3) is 8.54. The smallest absolute Gasteiger partial charge is 0.240 e. The van der Waals surface area contributed by atoms with Crippen molar-refractivity contribution in [2.75, 3.05) is 11.1 Å². The lowest BCUT2D eigenvalue weighted by Gasteiger charge is -2.36. The Bertz CT molecular complexity index is 1600. The lowest BCUT2D eigenvalue weighted by atomic mass is 10.0. The van der Waals surface area contributed by atoms with Crippen LogP contribution in [0.2, 0.25) is 0 Å². The van der Waals surface area contributed by atoms with Gasteiger partial charge in [-0.3, -0.25) is 4.79 Å². The Morgan fingerprint density at radius 3 is 2.16 bits per heavy atom. The van der Waals surface area contributed by atoms with E-state index in [2.05, 4.69) is 10.0 Å². The normalized spacial score (nSPS) is 18.7. The van der Waals surface area contributed by atoms with Crippen LogP contribution >= 0.6 is 11.8 Å². The van der Waals surface area contributed by atoms with Crippen molar-refractivity contribution in [2.45, 2.75) is 54.8 Å². The number of hydrogen-bond acceptors (Lipinski definition) is 7. The molecule has 4 aromatic carbocycles. The van der Waals surface area contributed by atoms with Crippen molar-refractivity contribution in [3.05, 3.63) is 125 Å². The van der Waals surface area contributed by atoms with E-state index in [4.69, 9.17) is 9.47 Å². The Hall–Kier alpha value is -3.51. The van der Waals surface area contributed by atoms with E-state index in [0.29, 0.717) is 12.2 Å². The molecular weight excluding hydrogens is 585 g/mol. The zero-order valence-electron chi connectivity index (χ0n) is 23.7. The van der Waals surface area contributed by atoms with Gasteiger partial charge in [0.1, 0.15) is 0 Å². The third-order valence-electron chi connectivity index (χ3n) is 7.00. The Morgan fingerprint density at radius 1 is 0.860 bits per heavy atom. The predicted octanol–water partition coefficient (Wildman–Crippen LogP) is 5.95. The number of carbonyl (C=O) groups excluding carboxylic acids is 1. The minimum Gasteiger partial charge on any atom is -0.392 e. The van der Waals surface area contributed by atoms with Gasteiger partial charge in [0, 0.05) is 41.8 Å². The summed E-state index contributed by atoms with van der Waals surface area (Å²) in [7, 11) is -3.61. The van der Waals surface area contributed by atoms with Crippen molar-refractivity contribution < 1.29 is 27.8 Å². The fourth-order valence-corrected chi connectivity index (χ4v) is 6.66. The number of ether oxygens (including phenoxy) is 2. The molecule has 0 saturated carbocycles. The second kappa shape index (κ2) is 14.3. The number of hydrogen-bond donors (Lipinski definition) is 3. The zero-order valence-corrected chi connectivity index (χ0v) is 25.3. The highest BCUT2D eigenvalue weighted by Crippen LogP contribution is 2.39. The number of anilines is 1. The molecule has 1 amide bonds. The van der Waals surface area contributed by atoms with Gasteiger partial charge in [-0.25, -0.2) is 13.1 Å². The Morgan fingerprint density at radius 2 is 1.51 bits per heavy atom. The van der Waals surface area contributed by atoms with Crippen LogP contribution < -0.4 is 10.0 Å². The first kappa shape index (κ1) is 30.9. The zero-order chi connectivity index (χ0) is 30.2. The van der Waals surface area contributed by atoms with E-state index >= 15 is 0 Å². The molecule has 224 valence electrons. The molecule has 10 heteroatoms. The van der Waals surface area contributed by atoms with Crippen LogP contribution in [0.3, 0.4) is 0 Å². The highest BCUT2D eigenvalue weighted by Gasteiger charge is 2.32. The fraction of sp³-hybridized carbons (Fsp3) is 0.242. The SMILES string of the molecule is CC(=O)Nc1ccc(SC[C@@H]2C[C@H](c3ccc(CO)cc3)OC(c3ccc(CNS(=O)(=O)c4ccccc4)cc3)O2)cc1. The average Bonchev–Trinajstić information content (AvgIpc) is 3.04. The van der Waals surface area contributed by atoms with E-state index in [9.17, 15) is 18.3 Å². The van der Waals surface area contributed by atoms with Crippen molar-refractivity contribution in [1.29, 1.82) is 0 Å². The molecule has 43 heavy (non-hydrogen) atoms. The molecule has 1 heterocycles. The van der Waals surface area contributed by atoms with Crippen LogP contribution in [0, 0.1) is 0 Å². The second-order valence-electron chi connectivity index (χ2n) is 10.2. The largest absolute Gasteiger partial charge is 0.392 e. The number of nitrogens with one attached hydrogen (secondary N) is 2. The first-order valence-corrected chi connectivity index (χ1v) is 16.4. The summed E-state index contributed by atoms with van der Waals surface area (Å²) in [4.78, 5) is 12.6. The van der Waals surface area contributed by atoms with Crippen molar-refractivity contribution in [3.63, 3.8) is 0 Å². The Kier molecular flexibility index (Phi) is 10.3. The molecule has 0 aliphatic carbocycles. The fourth-order valence-electron chi connectivity index (χ4n) is 4.70. The molecule has 1 aliphatic heterocycles. The number of aliphatic hydroxyl groups excluding tert-OH is 1. The summed E-state index contributed by atoms with van der Waals surface area (Å²) in [5.74, 6) is 0.589. The quantitative estimate of drug-likeness (QED) is 0.178. The molecule has 1 saturated heterocycles. The lowest BCUT2D eigenvalue weighted by molar-refractivity contribution is -0.245. The number of aliphatic hydroxyl groups is 1. The lowest BCUT2D eigenvalue weighted by Crippen LogP contribution is -2.31. The van der Waals surface area contributed by atoms with E-state index in [1.165, 1.54) is 6.92 Å². The van der Waals surface area contributed by atoms with Crippen molar-refractivity contribution in [2.24, 2.45) is 0 Å².